The van der Waals surface area contributed by atoms with Crippen LogP contribution in [0.5, 0.6) is 0 Å². The van der Waals surface area contributed by atoms with Crippen LogP contribution in [0.25, 0.3) is 27.5 Å². The van der Waals surface area contributed by atoms with Crippen molar-refractivity contribution in [2.24, 2.45) is 0 Å². The number of hydrogen-bond donors (Lipinski definition) is 2. The molecular weight excluding hydrogens is 556 g/mol. The molecular formula is C28H28N10O3S. The minimum Gasteiger partial charge on any atom is -0.383 e. The average Bonchev–Trinajstić information content (AvgIpc) is 3.80. The number of nitrogens with zero attached hydrogens (tertiary/aromatic N) is 8. The van der Waals surface area contributed by atoms with Crippen molar-refractivity contribution in [2.45, 2.75) is 57.2 Å². The van der Waals surface area contributed by atoms with E-state index in [9.17, 15) is 9.59 Å². The third-order valence-electron chi connectivity index (χ3n) is 8.17. The summed E-state index contributed by atoms with van der Waals surface area (Å²) in [6.07, 6.45) is 9.81. The molecule has 14 heteroatoms. The van der Waals surface area contributed by atoms with E-state index in [1.165, 1.54) is 29.1 Å². The number of carbonyl (C=O) groups is 2. The fourth-order valence-corrected chi connectivity index (χ4v) is 7.23. The Morgan fingerprint density at radius 2 is 1.95 bits per heavy atom. The number of thiazole rings is 1. The first kappa shape index (κ1) is 26.3. The number of piperidine rings is 1. The molecule has 0 spiro atoms. The summed E-state index contributed by atoms with van der Waals surface area (Å²) in [5.41, 5.74) is 10.6. The van der Waals surface area contributed by atoms with Crippen molar-refractivity contribution < 1.29 is 14.3 Å². The number of methoxy groups -OCH3 is 1. The lowest BCUT2D eigenvalue weighted by atomic mass is 9.85. The molecule has 3 N–H and O–H groups in total. The molecule has 42 heavy (non-hydrogen) atoms. The van der Waals surface area contributed by atoms with Crippen molar-refractivity contribution in [2.75, 3.05) is 12.8 Å². The predicted molar refractivity (Wildman–Crippen MR) is 154 cm³/mol. The maximum absolute atomic E-state index is 13.2. The van der Waals surface area contributed by atoms with Crippen LogP contribution in [0.1, 0.15) is 70.1 Å². The Morgan fingerprint density at radius 3 is 2.62 bits per heavy atom. The van der Waals surface area contributed by atoms with Gasteiger partial charge in [-0.15, -0.1) is 21.5 Å². The maximum Gasteiger partial charge on any atom is 0.292 e. The number of ketones is 1. The topological polar surface area (TPSA) is 170 Å². The van der Waals surface area contributed by atoms with Crippen LogP contribution in [0.15, 0.2) is 37.1 Å². The van der Waals surface area contributed by atoms with E-state index in [1.54, 1.807) is 25.7 Å². The Balaban J connectivity index is 1.23. The molecule has 0 unspecified atom stereocenters. The fourth-order valence-electron chi connectivity index (χ4n) is 6.37. The Bertz CT molecular complexity index is 1780. The molecule has 2 aliphatic heterocycles. The zero-order valence-corrected chi connectivity index (χ0v) is 23.8. The highest BCUT2D eigenvalue weighted by Crippen LogP contribution is 2.45. The Hall–Kier alpha value is -4.56. The van der Waals surface area contributed by atoms with Crippen LogP contribution in [0.4, 0.5) is 5.82 Å². The van der Waals surface area contributed by atoms with Gasteiger partial charge in [0.25, 0.3) is 5.91 Å². The van der Waals surface area contributed by atoms with Crippen molar-refractivity contribution in [3.63, 3.8) is 0 Å². The zero-order chi connectivity index (χ0) is 29.0. The number of anilines is 1. The van der Waals surface area contributed by atoms with E-state index >= 15 is 0 Å². The molecule has 2 fully saturated rings. The number of aromatic nitrogens is 8. The number of carbonyl (C=O) groups excluding carboxylic acids is 2. The van der Waals surface area contributed by atoms with E-state index in [0.717, 1.165) is 39.5 Å². The summed E-state index contributed by atoms with van der Waals surface area (Å²) >= 11 is 1.54. The van der Waals surface area contributed by atoms with Crippen LogP contribution >= 0.6 is 11.3 Å². The summed E-state index contributed by atoms with van der Waals surface area (Å²) in [5, 5.41) is 13.0. The van der Waals surface area contributed by atoms with Crippen molar-refractivity contribution in [1.82, 2.24) is 44.6 Å². The second-order valence-corrected chi connectivity index (χ2v) is 11.8. The molecule has 2 aliphatic rings. The number of Topliss-reactive ketones (excluding diaryl/α,β-unsaturated/α-hetero) is 1. The number of rotatable bonds is 7. The van der Waals surface area contributed by atoms with Crippen LogP contribution in [0, 0.1) is 0 Å². The molecule has 214 valence electrons. The lowest BCUT2D eigenvalue weighted by Crippen LogP contribution is -2.46. The minimum absolute atomic E-state index is 0.0156. The van der Waals surface area contributed by atoms with Gasteiger partial charge in [-0.1, -0.05) is 6.07 Å². The first-order chi connectivity index (χ1) is 20.4. The van der Waals surface area contributed by atoms with Crippen molar-refractivity contribution in [1.29, 1.82) is 0 Å². The van der Waals surface area contributed by atoms with Gasteiger partial charge in [-0.05, 0) is 38.7 Å². The molecule has 2 saturated heterocycles. The van der Waals surface area contributed by atoms with Crippen LogP contribution < -0.4 is 5.73 Å². The van der Waals surface area contributed by atoms with E-state index in [0.29, 0.717) is 36.4 Å². The molecule has 0 radical (unpaired) electrons. The van der Waals surface area contributed by atoms with E-state index in [4.69, 9.17) is 15.5 Å². The Labute approximate surface area is 244 Å². The second kappa shape index (κ2) is 10.4. The summed E-state index contributed by atoms with van der Waals surface area (Å²) in [5.74, 6) is 0.159. The lowest BCUT2D eigenvalue weighted by molar-refractivity contribution is 0.0556. The van der Waals surface area contributed by atoms with Crippen molar-refractivity contribution >= 4 is 34.5 Å². The Morgan fingerprint density at radius 1 is 1.14 bits per heavy atom. The third kappa shape index (κ3) is 4.34. The van der Waals surface area contributed by atoms with Gasteiger partial charge in [0.05, 0.1) is 34.6 Å². The number of amides is 1. The quantitative estimate of drug-likeness (QED) is 0.270. The van der Waals surface area contributed by atoms with E-state index in [2.05, 4.69) is 30.2 Å². The van der Waals surface area contributed by atoms with Gasteiger partial charge < -0.3 is 20.4 Å². The van der Waals surface area contributed by atoms with Crippen molar-refractivity contribution in [3.05, 3.63) is 59.0 Å². The van der Waals surface area contributed by atoms with Gasteiger partial charge in [-0.25, -0.2) is 9.97 Å². The van der Waals surface area contributed by atoms with Crippen LogP contribution in [0.2, 0.25) is 0 Å². The number of pyridine rings is 1. The standard InChI is InChI=1S/C28H28N10O3S/c1-14(39)22-23(16-7-17-4-5-18(8-16)37(17)28(40)25-32-13-33-36-25)35-26-20(11-34-38(26)24(22)29)15-3-6-21(30-9-15)27-31-10-19(42-27)12-41-2/h3,6,9-11,13,16-18H,4-5,7-8,12,29H2,1-2H3,(H,32,33,36)/t16-,17-,18+. The highest BCUT2D eigenvalue weighted by molar-refractivity contribution is 7.14. The third-order valence-corrected chi connectivity index (χ3v) is 9.16. The molecule has 7 heterocycles. The molecule has 0 aromatic carbocycles. The number of fused-ring (bicyclic) bond motifs is 3. The fraction of sp³-hybridized carbons (Fsp3) is 0.357. The largest absolute Gasteiger partial charge is 0.383 e. The summed E-state index contributed by atoms with van der Waals surface area (Å²) in [6, 6.07) is 3.91. The van der Waals surface area contributed by atoms with Gasteiger partial charge in [-0.3, -0.25) is 14.6 Å². The first-order valence-electron chi connectivity index (χ1n) is 13.7. The molecule has 13 nitrogen and oxygen atoms in total. The normalized spacial score (nSPS) is 20.0. The summed E-state index contributed by atoms with van der Waals surface area (Å²) < 4.78 is 6.72. The maximum atomic E-state index is 13.2. The molecule has 3 atom stereocenters. The van der Waals surface area contributed by atoms with Gasteiger partial charge in [0.2, 0.25) is 5.82 Å². The first-order valence-corrected chi connectivity index (χ1v) is 14.5. The molecule has 2 bridgehead atoms. The number of nitrogens with one attached hydrogen (secondary N) is 1. The smallest absolute Gasteiger partial charge is 0.292 e. The lowest BCUT2D eigenvalue weighted by Gasteiger charge is -2.38. The molecule has 5 aromatic rings. The van der Waals surface area contributed by atoms with E-state index in [-0.39, 0.29) is 41.3 Å². The summed E-state index contributed by atoms with van der Waals surface area (Å²) in [7, 11) is 1.66. The van der Waals surface area contributed by atoms with Gasteiger partial charge in [0.1, 0.15) is 17.2 Å². The summed E-state index contributed by atoms with van der Waals surface area (Å²) in [6.45, 7) is 2.01. The average molecular weight is 585 g/mol. The molecule has 0 aliphatic carbocycles. The number of ether oxygens (including phenoxy) is 1. The van der Waals surface area contributed by atoms with E-state index < -0.39 is 0 Å². The molecule has 7 rings (SSSR count). The minimum atomic E-state index is -0.163. The molecule has 1 amide bonds. The second-order valence-electron chi connectivity index (χ2n) is 10.7. The van der Waals surface area contributed by atoms with Crippen LogP contribution in [0.3, 0.4) is 0 Å². The van der Waals surface area contributed by atoms with Gasteiger partial charge >= 0.3 is 0 Å². The summed E-state index contributed by atoms with van der Waals surface area (Å²) in [4.78, 5) is 46.0. The van der Waals surface area contributed by atoms with Gasteiger partial charge in [-0.2, -0.15) is 9.61 Å². The number of aromatic amines is 1. The van der Waals surface area contributed by atoms with Gasteiger partial charge in [0, 0.05) is 48.6 Å². The van der Waals surface area contributed by atoms with Crippen molar-refractivity contribution in [3.8, 4) is 21.8 Å². The SMILES string of the molecule is COCc1cnc(-c2ccc(-c3cnn4c(N)c(C(C)=O)c([C@@H]5C[C@H]6CC[C@@H](C5)N6C(=O)c5nnc[nH]5)nc34)cn2)s1. The molecule has 0 saturated carbocycles. The van der Waals surface area contributed by atoms with Crippen LogP contribution in [-0.4, -0.2) is 75.5 Å². The number of hydrogen-bond acceptors (Lipinski definition) is 11. The Kier molecular flexibility index (Phi) is 6.50. The monoisotopic (exact) mass is 584 g/mol. The zero-order valence-electron chi connectivity index (χ0n) is 23.0. The van der Waals surface area contributed by atoms with Crippen LogP contribution in [-0.2, 0) is 11.3 Å². The highest BCUT2D eigenvalue weighted by atomic mass is 32.1. The highest BCUT2D eigenvalue weighted by Gasteiger charge is 2.45. The number of H-pyrrole nitrogens is 1. The number of nitrogens with two attached hydrogens (primary N) is 1. The predicted octanol–water partition coefficient (Wildman–Crippen LogP) is 3.51. The van der Waals surface area contributed by atoms with E-state index in [1.807, 2.05) is 17.0 Å². The number of nitrogen functional groups attached to an aromatic ring is 1. The van der Waals surface area contributed by atoms with Gasteiger partial charge in [0.15, 0.2) is 11.4 Å². The molecule has 5 aromatic heterocycles.